The lowest BCUT2D eigenvalue weighted by molar-refractivity contribution is -0.137. The van der Waals surface area contributed by atoms with Crippen LogP contribution in [0.25, 0.3) is 22.8 Å². The van der Waals surface area contributed by atoms with E-state index in [1.54, 1.807) is 24.3 Å². The smallest absolute Gasteiger partial charge is 0.416 e. The summed E-state index contributed by atoms with van der Waals surface area (Å²) in [6, 6.07) is 21.6. The van der Waals surface area contributed by atoms with Crippen LogP contribution in [-0.2, 0) is 12.8 Å². The minimum absolute atomic E-state index is 0.220. The molecule has 1 heterocycles. The molecular formula is C22H15F3N2O2. The lowest BCUT2D eigenvalue weighted by atomic mass is 10.1. The van der Waals surface area contributed by atoms with Crippen molar-refractivity contribution in [3.05, 3.63) is 90.0 Å². The van der Waals surface area contributed by atoms with E-state index in [-0.39, 0.29) is 11.7 Å². The van der Waals surface area contributed by atoms with Crippen LogP contribution in [0.1, 0.15) is 11.1 Å². The second-order valence-electron chi connectivity index (χ2n) is 6.30. The molecule has 0 fully saturated rings. The number of ether oxygens (including phenoxy) is 1. The van der Waals surface area contributed by atoms with Crippen LogP contribution in [0.3, 0.4) is 0 Å². The second-order valence-corrected chi connectivity index (χ2v) is 6.30. The maximum atomic E-state index is 12.7. The topological polar surface area (TPSA) is 48.2 Å². The van der Waals surface area contributed by atoms with Crippen molar-refractivity contribution in [2.24, 2.45) is 0 Å². The summed E-state index contributed by atoms with van der Waals surface area (Å²) in [7, 11) is 0. The van der Waals surface area contributed by atoms with Crippen molar-refractivity contribution in [2.75, 3.05) is 0 Å². The highest BCUT2D eigenvalue weighted by Gasteiger charge is 2.30. The minimum atomic E-state index is -4.38. The van der Waals surface area contributed by atoms with Gasteiger partial charge in [0.25, 0.3) is 5.89 Å². The van der Waals surface area contributed by atoms with Crippen molar-refractivity contribution in [1.29, 1.82) is 0 Å². The van der Waals surface area contributed by atoms with Crippen LogP contribution in [-0.4, -0.2) is 10.1 Å². The molecule has 4 nitrogen and oxygen atoms in total. The molecule has 0 saturated heterocycles. The van der Waals surface area contributed by atoms with Gasteiger partial charge in [-0.1, -0.05) is 47.6 Å². The third kappa shape index (κ3) is 4.45. The van der Waals surface area contributed by atoms with Crippen molar-refractivity contribution < 1.29 is 22.4 Å². The van der Waals surface area contributed by atoms with Crippen molar-refractivity contribution in [3.63, 3.8) is 0 Å². The lowest BCUT2D eigenvalue weighted by Gasteiger charge is -2.06. The van der Waals surface area contributed by atoms with Gasteiger partial charge in [0, 0.05) is 11.1 Å². The van der Waals surface area contributed by atoms with Crippen molar-refractivity contribution in [2.45, 2.75) is 12.8 Å². The number of alkyl halides is 3. The Morgan fingerprint density at radius 1 is 0.793 bits per heavy atom. The fourth-order valence-corrected chi connectivity index (χ4v) is 2.70. The predicted molar refractivity (Wildman–Crippen MR) is 101 cm³/mol. The molecular weight excluding hydrogens is 381 g/mol. The zero-order chi connectivity index (χ0) is 20.3. The lowest BCUT2D eigenvalue weighted by Crippen LogP contribution is -2.04. The van der Waals surface area contributed by atoms with Crippen molar-refractivity contribution in [1.82, 2.24) is 10.1 Å². The van der Waals surface area contributed by atoms with Gasteiger partial charge < -0.3 is 9.26 Å². The SMILES string of the molecule is FC(F)(F)c1ccc(-c2noc(-c3ccc(OCc4ccccc4)cc3)n2)cc1. The minimum Gasteiger partial charge on any atom is -0.489 e. The number of hydrogen-bond acceptors (Lipinski definition) is 4. The maximum Gasteiger partial charge on any atom is 0.416 e. The summed E-state index contributed by atoms with van der Waals surface area (Å²) in [4.78, 5) is 4.27. The third-order valence-corrected chi connectivity index (χ3v) is 4.25. The molecule has 0 aliphatic carbocycles. The highest BCUT2D eigenvalue weighted by atomic mass is 19.4. The maximum absolute atomic E-state index is 12.7. The Bertz CT molecular complexity index is 1070. The van der Waals surface area contributed by atoms with Gasteiger partial charge >= 0.3 is 6.18 Å². The Morgan fingerprint density at radius 3 is 2.10 bits per heavy atom. The molecule has 0 bridgehead atoms. The molecule has 0 N–H and O–H groups in total. The van der Waals surface area contributed by atoms with Crippen molar-refractivity contribution in [3.8, 4) is 28.6 Å². The molecule has 0 aliphatic heterocycles. The summed E-state index contributed by atoms with van der Waals surface area (Å²) in [5.74, 6) is 1.19. The summed E-state index contributed by atoms with van der Waals surface area (Å²) in [6.07, 6.45) is -4.38. The molecule has 0 atom stereocenters. The molecule has 29 heavy (non-hydrogen) atoms. The summed E-state index contributed by atoms with van der Waals surface area (Å²) in [5.41, 5.74) is 1.46. The number of nitrogens with zero attached hydrogens (tertiary/aromatic N) is 2. The number of hydrogen-bond donors (Lipinski definition) is 0. The average Bonchev–Trinajstić information content (AvgIpc) is 3.23. The number of rotatable bonds is 5. The number of benzene rings is 3. The van der Waals surface area contributed by atoms with Crippen LogP contribution in [0, 0.1) is 0 Å². The summed E-state index contributed by atoms with van der Waals surface area (Å²) in [5, 5.41) is 3.85. The average molecular weight is 396 g/mol. The molecule has 4 aromatic rings. The highest BCUT2D eigenvalue weighted by molar-refractivity contribution is 5.60. The van der Waals surface area contributed by atoms with E-state index in [0.717, 1.165) is 17.7 Å². The van der Waals surface area contributed by atoms with E-state index in [1.165, 1.54) is 12.1 Å². The van der Waals surface area contributed by atoms with Crippen LogP contribution in [0.15, 0.2) is 83.4 Å². The van der Waals surface area contributed by atoms with Gasteiger partial charge in [0.1, 0.15) is 12.4 Å². The fourth-order valence-electron chi connectivity index (χ4n) is 2.70. The van der Waals surface area contributed by atoms with Gasteiger partial charge in [-0.3, -0.25) is 0 Å². The molecule has 0 unspecified atom stereocenters. The zero-order valence-corrected chi connectivity index (χ0v) is 15.1. The Kier molecular flexibility index (Phi) is 5.03. The van der Waals surface area contributed by atoms with Crippen LogP contribution >= 0.6 is 0 Å². The van der Waals surface area contributed by atoms with Crippen molar-refractivity contribution >= 4 is 0 Å². The molecule has 146 valence electrons. The molecule has 0 saturated carbocycles. The first-order valence-electron chi connectivity index (χ1n) is 8.77. The van der Waals surface area contributed by atoms with Gasteiger partial charge in [-0.2, -0.15) is 18.2 Å². The Hall–Kier alpha value is -3.61. The first kappa shape index (κ1) is 18.7. The number of aromatic nitrogens is 2. The quantitative estimate of drug-likeness (QED) is 0.415. The Morgan fingerprint density at radius 2 is 1.45 bits per heavy atom. The first-order chi connectivity index (χ1) is 14.0. The van der Waals surface area contributed by atoms with Crippen LogP contribution in [0.4, 0.5) is 13.2 Å². The van der Waals surface area contributed by atoms with E-state index in [1.807, 2.05) is 30.3 Å². The van der Waals surface area contributed by atoms with E-state index in [9.17, 15) is 13.2 Å². The van der Waals surface area contributed by atoms with Crippen LogP contribution < -0.4 is 4.74 Å². The number of halogens is 3. The van der Waals surface area contributed by atoms with Gasteiger partial charge in [-0.15, -0.1) is 0 Å². The third-order valence-electron chi connectivity index (χ3n) is 4.25. The second kappa shape index (κ2) is 7.79. The molecule has 0 aliphatic rings. The normalized spacial score (nSPS) is 11.4. The van der Waals surface area contributed by atoms with E-state index < -0.39 is 11.7 Å². The molecule has 4 rings (SSSR count). The van der Waals surface area contributed by atoms with Gasteiger partial charge in [-0.25, -0.2) is 0 Å². The predicted octanol–water partition coefficient (Wildman–Crippen LogP) is 6.00. The standard InChI is InChI=1S/C22H15F3N2O2/c23-22(24,25)18-10-6-16(7-11-18)20-26-21(29-27-20)17-8-12-19(13-9-17)28-14-15-4-2-1-3-5-15/h1-13H,14H2. The van der Waals surface area contributed by atoms with Gasteiger partial charge in [-0.05, 0) is 42.0 Å². The summed E-state index contributed by atoms with van der Waals surface area (Å²) >= 11 is 0. The van der Waals surface area contributed by atoms with E-state index in [2.05, 4.69) is 10.1 Å². The summed E-state index contributed by atoms with van der Waals surface area (Å²) in [6.45, 7) is 0.457. The van der Waals surface area contributed by atoms with Crippen LogP contribution in [0.5, 0.6) is 5.75 Å². The van der Waals surface area contributed by atoms with Crippen LogP contribution in [0.2, 0.25) is 0 Å². The molecule has 0 amide bonds. The zero-order valence-electron chi connectivity index (χ0n) is 15.1. The van der Waals surface area contributed by atoms with Gasteiger partial charge in [0.2, 0.25) is 5.82 Å². The fraction of sp³-hybridized carbons (Fsp3) is 0.0909. The summed E-state index contributed by atoms with van der Waals surface area (Å²) < 4.78 is 49.0. The van der Waals surface area contributed by atoms with E-state index >= 15 is 0 Å². The Balaban J connectivity index is 1.45. The largest absolute Gasteiger partial charge is 0.489 e. The molecule has 3 aromatic carbocycles. The van der Waals surface area contributed by atoms with E-state index in [0.29, 0.717) is 23.5 Å². The molecule has 7 heteroatoms. The molecule has 1 aromatic heterocycles. The van der Waals surface area contributed by atoms with E-state index in [4.69, 9.17) is 9.26 Å². The molecule has 0 spiro atoms. The first-order valence-corrected chi connectivity index (χ1v) is 8.77. The van der Waals surface area contributed by atoms with Gasteiger partial charge in [0.05, 0.1) is 5.56 Å². The molecule has 0 radical (unpaired) electrons. The highest BCUT2D eigenvalue weighted by Crippen LogP contribution is 2.31. The monoisotopic (exact) mass is 396 g/mol. The van der Waals surface area contributed by atoms with Gasteiger partial charge in [0.15, 0.2) is 0 Å². The Labute approximate surface area is 164 Å².